The fourth-order valence-electron chi connectivity index (χ4n) is 3.90. The second-order valence-corrected chi connectivity index (χ2v) is 7.29. The van der Waals surface area contributed by atoms with E-state index in [1.807, 2.05) is 12.3 Å². The summed E-state index contributed by atoms with van der Waals surface area (Å²) in [6, 6.07) is 14.6. The molecular formula is C22H28N4O. The number of ether oxygens (including phenoxy) is 1. The highest BCUT2D eigenvalue weighted by Gasteiger charge is 2.22. The molecule has 0 aliphatic carbocycles. The third kappa shape index (κ3) is 4.37. The standard InChI is InChI=1S/C22H28N4O/c1-2-13-26-21-11-4-3-10-20(21)24-22(26)17-25(16-19-9-7-14-27-19)15-18-8-5-6-12-23-18/h3-6,8,10-12,19H,2,7,9,13-17H2,1H3/t19-/m0/s1. The van der Waals surface area contributed by atoms with E-state index in [4.69, 9.17) is 9.72 Å². The van der Waals surface area contributed by atoms with Gasteiger partial charge in [-0.05, 0) is 43.5 Å². The molecule has 0 spiro atoms. The second kappa shape index (κ2) is 8.63. The van der Waals surface area contributed by atoms with Crippen molar-refractivity contribution < 1.29 is 4.74 Å². The van der Waals surface area contributed by atoms with Gasteiger partial charge in [0.15, 0.2) is 0 Å². The quantitative estimate of drug-likeness (QED) is 0.605. The lowest BCUT2D eigenvalue weighted by molar-refractivity contribution is 0.0662. The van der Waals surface area contributed by atoms with Crippen molar-refractivity contribution in [3.8, 4) is 0 Å². The van der Waals surface area contributed by atoms with E-state index in [0.717, 1.165) is 69.1 Å². The van der Waals surface area contributed by atoms with Crippen LogP contribution in [-0.4, -0.2) is 38.7 Å². The van der Waals surface area contributed by atoms with E-state index < -0.39 is 0 Å². The number of pyridine rings is 1. The molecule has 0 N–H and O–H groups in total. The largest absolute Gasteiger partial charge is 0.377 e. The van der Waals surface area contributed by atoms with Crippen molar-refractivity contribution in [1.82, 2.24) is 19.4 Å². The molecule has 0 bridgehead atoms. The van der Waals surface area contributed by atoms with E-state index >= 15 is 0 Å². The van der Waals surface area contributed by atoms with Gasteiger partial charge in [0.05, 0.1) is 29.4 Å². The number of hydrogen-bond donors (Lipinski definition) is 0. The van der Waals surface area contributed by atoms with E-state index in [1.165, 1.54) is 5.52 Å². The summed E-state index contributed by atoms with van der Waals surface area (Å²) in [7, 11) is 0. The Morgan fingerprint density at radius 2 is 2.04 bits per heavy atom. The lowest BCUT2D eigenvalue weighted by atomic mass is 10.2. The average molecular weight is 364 g/mol. The Labute approximate surface area is 161 Å². The number of fused-ring (bicyclic) bond motifs is 1. The van der Waals surface area contributed by atoms with Gasteiger partial charge in [-0.3, -0.25) is 9.88 Å². The fourth-order valence-corrected chi connectivity index (χ4v) is 3.90. The lowest BCUT2D eigenvalue weighted by Crippen LogP contribution is -2.32. The van der Waals surface area contributed by atoms with Gasteiger partial charge in [-0.15, -0.1) is 0 Å². The predicted molar refractivity (Wildman–Crippen MR) is 107 cm³/mol. The van der Waals surface area contributed by atoms with Crippen LogP contribution < -0.4 is 0 Å². The van der Waals surface area contributed by atoms with Crippen molar-refractivity contribution in [1.29, 1.82) is 0 Å². The molecule has 3 aromatic rings. The van der Waals surface area contributed by atoms with Gasteiger partial charge < -0.3 is 9.30 Å². The van der Waals surface area contributed by atoms with Crippen molar-refractivity contribution in [2.45, 2.75) is 51.9 Å². The van der Waals surface area contributed by atoms with Gasteiger partial charge in [-0.1, -0.05) is 25.1 Å². The molecule has 1 aliphatic rings. The smallest absolute Gasteiger partial charge is 0.124 e. The molecule has 1 atom stereocenters. The maximum atomic E-state index is 5.91. The molecule has 0 saturated carbocycles. The van der Waals surface area contributed by atoms with E-state index in [0.29, 0.717) is 6.10 Å². The molecule has 4 rings (SSSR count). The molecule has 3 heterocycles. The summed E-state index contributed by atoms with van der Waals surface area (Å²) in [6.07, 6.45) is 5.59. The van der Waals surface area contributed by atoms with Crippen LogP contribution in [0, 0.1) is 0 Å². The van der Waals surface area contributed by atoms with Crippen LogP contribution >= 0.6 is 0 Å². The number of nitrogens with zero attached hydrogens (tertiary/aromatic N) is 4. The van der Waals surface area contributed by atoms with Crippen molar-refractivity contribution in [3.05, 3.63) is 60.2 Å². The molecule has 142 valence electrons. The Hall–Kier alpha value is -2.24. The summed E-state index contributed by atoms with van der Waals surface area (Å²) in [6.45, 7) is 6.65. The van der Waals surface area contributed by atoms with Crippen molar-refractivity contribution >= 4 is 11.0 Å². The normalized spacial score (nSPS) is 17.2. The number of hydrogen-bond acceptors (Lipinski definition) is 4. The number of aryl methyl sites for hydroxylation is 1. The van der Waals surface area contributed by atoms with E-state index in [-0.39, 0.29) is 0 Å². The van der Waals surface area contributed by atoms with Crippen LogP contribution in [0.25, 0.3) is 11.0 Å². The fraction of sp³-hybridized carbons (Fsp3) is 0.455. The van der Waals surface area contributed by atoms with Crippen LogP contribution in [0.2, 0.25) is 0 Å². The Morgan fingerprint density at radius 3 is 2.81 bits per heavy atom. The SMILES string of the molecule is CCCn1c(CN(Cc2ccccn2)C[C@@H]2CCCO2)nc2ccccc21. The Bertz CT molecular complexity index is 855. The first-order valence-corrected chi connectivity index (χ1v) is 10.0. The minimum Gasteiger partial charge on any atom is -0.377 e. The van der Waals surface area contributed by atoms with Gasteiger partial charge >= 0.3 is 0 Å². The molecule has 1 saturated heterocycles. The number of benzene rings is 1. The van der Waals surface area contributed by atoms with Crippen LogP contribution in [-0.2, 0) is 24.4 Å². The van der Waals surface area contributed by atoms with Crippen LogP contribution in [0.3, 0.4) is 0 Å². The van der Waals surface area contributed by atoms with Crippen LogP contribution in [0.4, 0.5) is 0 Å². The first-order chi connectivity index (χ1) is 13.3. The van der Waals surface area contributed by atoms with Gasteiger partial charge in [0.2, 0.25) is 0 Å². The van der Waals surface area contributed by atoms with Crippen molar-refractivity contribution in [3.63, 3.8) is 0 Å². The maximum absolute atomic E-state index is 5.91. The topological polar surface area (TPSA) is 43.2 Å². The molecule has 0 amide bonds. The molecule has 1 aromatic carbocycles. The summed E-state index contributed by atoms with van der Waals surface area (Å²) in [5.74, 6) is 1.13. The first kappa shape index (κ1) is 18.1. The monoisotopic (exact) mass is 364 g/mol. The van der Waals surface area contributed by atoms with Gasteiger partial charge in [-0.2, -0.15) is 0 Å². The molecule has 1 aliphatic heterocycles. The maximum Gasteiger partial charge on any atom is 0.124 e. The third-order valence-corrected chi connectivity index (χ3v) is 5.14. The zero-order chi connectivity index (χ0) is 18.5. The van der Waals surface area contributed by atoms with Crippen molar-refractivity contribution in [2.75, 3.05) is 13.2 Å². The van der Waals surface area contributed by atoms with Crippen LogP contribution in [0.5, 0.6) is 0 Å². The van der Waals surface area contributed by atoms with E-state index in [2.05, 4.69) is 57.8 Å². The molecule has 0 radical (unpaired) electrons. The zero-order valence-electron chi connectivity index (χ0n) is 16.1. The summed E-state index contributed by atoms with van der Waals surface area (Å²) >= 11 is 0. The first-order valence-electron chi connectivity index (χ1n) is 10.0. The number of imidazole rings is 1. The summed E-state index contributed by atoms with van der Waals surface area (Å²) in [5.41, 5.74) is 3.40. The molecule has 2 aromatic heterocycles. The van der Waals surface area contributed by atoms with Crippen LogP contribution in [0.15, 0.2) is 48.7 Å². The van der Waals surface area contributed by atoms with Gasteiger partial charge in [0.25, 0.3) is 0 Å². The van der Waals surface area contributed by atoms with Gasteiger partial charge in [0, 0.05) is 32.4 Å². The Balaban J connectivity index is 1.60. The lowest BCUT2D eigenvalue weighted by Gasteiger charge is -2.25. The highest BCUT2D eigenvalue weighted by Crippen LogP contribution is 2.20. The number of para-hydroxylation sites is 2. The number of rotatable bonds is 8. The van der Waals surface area contributed by atoms with E-state index in [9.17, 15) is 0 Å². The summed E-state index contributed by atoms with van der Waals surface area (Å²) < 4.78 is 8.28. The minimum atomic E-state index is 0.317. The predicted octanol–water partition coefficient (Wildman–Crippen LogP) is 4.02. The Kier molecular flexibility index (Phi) is 5.80. The molecular weight excluding hydrogens is 336 g/mol. The highest BCUT2D eigenvalue weighted by atomic mass is 16.5. The molecule has 0 unspecified atom stereocenters. The molecule has 1 fully saturated rings. The minimum absolute atomic E-state index is 0.317. The Morgan fingerprint density at radius 1 is 1.15 bits per heavy atom. The highest BCUT2D eigenvalue weighted by molar-refractivity contribution is 5.75. The summed E-state index contributed by atoms with van der Waals surface area (Å²) in [5, 5.41) is 0. The van der Waals surface area contributed by atoms with Crippen LogP contribution in [0.1, 0.15) is 37.7 Å². The second-order valence-electron chi connectivity index (χ2n) is 7.29. The zero-order valence-corrected chi connectivity index (χ0v) is 16.1. The molecule has 5 heteroatoms. The van der Waals surface area contributed by atoms with Crippen molar-refractivity contribution in [2.24, 2.45) is 0 Å². The number of aromatic nitrogens is 3. The molecule has 27 heavy (non-hydrogen) atoms. The van der Waals surface area contributed by atoms with Gasteiger partial charge in [-0.25, -0.2) is 4.98 Å². The van der Waals surface area contributed by atoms with Gasteiger partial charge in [0.1, 0.15) is 5.82 Å². The summed E-state index contributed by atoms with van der Waals surface area (Å²) in [4.78, 5) is 11.9. The average Bonchev–Trinajstić information content (AvgIpc) is 3.31. The molecule has 5 nitrogen and oxygen atoms in total. The third-order valence-electron chi connectivity index (χ3n) is 5.14. The van der Waals surface area contributed by atoms with E-state index in [1.54, 1.807) is 0 Å².